The van der Waals surface area contributed by atoms with Gasteiger partial charge in [-0.1, -0.05) is 6.07 Å². The molecule has 0 unspecified atom stereocenters. The quantitative estimate of drug-likeness (QED) is 0.914. The van der Waals surface area contributed by atoms with Crippen LogP contribution in [0.2, 0.25) is 0 Å². The fourth-order valence-corrected chi connectivity index (χ4v) is 3.79. The first-order valence-electron chi connectivity index (χ1n) is 6.57. The van der Waals surface area contributed by atoms with Gasteiger partial charge in [0.15, 0.2) is 11.5 Å². The van der Waals surface area contributed by atoms with Crippen molar-refractivity contribution in [2.24, 2.45) is 0 Å². The first-order valence-corrected chi connectivity index (χ1v) is 8.93. The Labute approximate surface area is 127 Å². The summed E-state index contributed by atoms with van der Waals surface area (Å²) in [4.78, 5) is 1.35. The molecule has 0 amide bonds. The number of hydrogen-bond donors (Lipinski definition) is 1. The highest BCUT2D eigenvalue weighted by Gasteiger charge is 2.18. The van der Waals surface area contributed by atoms with Crippen LogP contribution in [0.3, 0.4) is 0 Å². The number of nitrogens with one attached hydrogen (secondary N) is 1. The van der Waals surface area contributed by atoms with Gasteiger partial charge in [-0.15, -0.1) is 11.3 Å². The third-order valence-corrected chi connectivity index (χ3v) is 5.46. The van der Waals surface area contributed by atoms with Crippen molar-refractivity contribution in [3.8, 4) is 11.5 Å². The normalized spacial score (nSPS) is 14.1. The molecule has 112 valence electrons. The van der Waals surface area contributed by atoms with E-state index >= 15 is 0 Å². The average molecular weight is 325 g/mol. The molecule has 1 aromatic carbocycles. The summed E-state index contributed by atoms with van der Waals surface area (Å²) < 4.78 is 37.9. The van der Waals surface area contributed by atoms with Crippen LogP contribution in [0.4, 0.5) is 0 Å². The maximum atomic E-state index is 12.2. The maximum Gasteiger partial charge on any atom is 0.240 e. The number of thiophene rings is 1. The van der Waals surface area contributed by atoms with Crippen molar-refractivity contribution >= 4 is 21.4 Å². The molecule has 5 nitrogen and oxygen atoms in total. The summed E-state index contributed by atoms with van der Waals surface area (Å²) in [5, 5.41) is 1.98. The summed E-state index contributed by atoms with van der Waals surface area (Å²) >= 11 is 1.62. The van der Waals surface area contributed by atoms with E-state index in [0.29, 0.717) is 37.7 Å². The molecule has 2 heterocycles. The lowest BCUT2D eigenvalue weighted by Crippen LogP contribution is -2.26. The molecule has 0 radical (unpaired) electrons. The molecular formula is C14H15NO4S2. The Kier molecular flexibility index (Phi) is 4.14. The summed E-state index contributed by atoms with van der Waals surface area (Å²) in [6, 6.07) is 8.60. The lowest BCUT2D eigenvalue weighted by atomic mass is 10.3. The molecule has 0 spiro atoms. The molecule has 2 aromatic rings. The Hall–Kier alpha value is -1.57. The minimum Gasteiger partial charge on any atom is -0.486 e. The van der Waals surface area contributed by atoms with E-state index in [9.17, 15) is 8.42 Å². The second-order valence-electron chi connectivity index (χ2n) is 4.53. The standard InChI is InChI=1S/C14H15NO4S2/c16-21(17,15-6-5-11-2-1-9-20-11)12-3-4-13-14(10-12)19-8-7-18-13/h1-4,9-10,15H,5-8H2. The molecule has 1 aliphatic rings. The van der Waals surface area contributed by atoms with Gasteiger partial charge in [0.25, 0.3) is 0 Å². The monoisotopic (exact) mass is 325 g/mol. The second kappa shape index (κ2) is 6.05. The molecule has 0 aliphatic carbocycles. The third-order valence-electron chi connectivity index (χ3n) is 3.07. The number of hydrogen-bond acceptors (Lipinski definition) is 5. The third kappa shape index (κ3) is 3.37. The van der Waals surface area contributed by atoms with Gasteiger partial charge >= 0.3 is 0 Å². The molecule has 1 aliphatic heterocycles. The van der Waals surface area contributed by atoms with Gasteiger partial charge in [0.2, 0.25) is 10.0 Å². The van der Waals surface area contributed by atoms with Crippen molar-refractivity contribution < 1.29 is 17.9 Å². The Balaban J connectivity index is 1.69. The van der Waals surface area contributed by atoms with E-state index in [2.05, 4.69) is 4.72 Å². The predicted octanol–water partition coefficient (Wildman–Crippen LogP) is 2.04. The van der Waals surface area contributed by atoms with Crippen molar-refractivity contribution in [1.82, 2.24) is 4.72 Å². The molecule has 3 rings (SSSR count). The lowest BCUT2D eigenvalue weighted by molar-refractivity contribution is 0.171. The van der Waals surface area contributed by atoms with E-state index in [1.807, 2.05) is 17.5 Å². The molecule has 7 heteroatoms. The van der Waals surface area contributed by atoms with E-state index in [0.717, 1.165) is 4.88 Å². The predicted molar refractivity (Wildman–Crippen MR) is 80.6 cm³/mol. The molecular weight excluding hydrogens is 310 g/mol. The Morgan fingerprint density at radius 3 is 2.71 bits per heavy atom. The van der Waals surface area contributed by atoms with Crippen molar-refractivity contribution in [3.63, 3.8) is 0 Å². The molecule has 1 aromatic heterocycles. The fourth-order valence-electron chi connectivity index (χ4n) is 2.04. The highest BCUT2D eigenvalue weighted by atomic mass is 32.2. The first kappa shape index (κ1) is 14.4. The van der Waals surface area contributed by atoms with E-state index in [4.69, 9.17) is 9.47 Å². The van der Waals surface area contributed by atoms with Gasteiger partial charge in [0, 0.05) is 17.5 Å². The zero-order valence-electron chi connectivity index (χ0n) is 11.2. The zero-order valence-corrected chi connectivity index (χ0v) is 12.9. The summed E-state index contributed by atoms with van der Waals surface area (Å²) in [6.45, 7) is 1.29. The van der Waals surface area contributed by atoms with E-state index in [1.165, 1.54) is 12.1 Å². The van der Waals surface area contributed by atoms with Crippen molar-refractivity contribution in [2.75, 3.05) is 19.8 Å². The number of sulfonamides is 1. The van der Waals surface area contributed by atoms with Crippen molar-refractivity contribution in [2.45, 2.75) is 11.3 Å². The minimum absolute atomic E-state index is 0.193. The molecule has 0 atom stereocenters. The van der Waals surface area contributed by atoms with Crippen molar-refractivity contribution in [1.29, 1.82) is 0 Å². The van der Waals surface area contributed by atoms with E-state index < -0.39 is 10.0 Å². The smallest absolute Gasteiger partial charge is 0.240 e. The van der Waals surface area contributed by atoms with E-state index in [1.54, 1.807) is 17.4 Å². The number of rotatable bonds is 5. The van der Waals surface area contributed by atoms with Crippen LogP contribution in [-0.4, -0.2) is 28.2 Å². The molecule has 0 saturated carbocycles. The molecule has 0 fully saturated rings. The molecule has 1 N–H and O–H groups in total. The Morgan fingerprint density at radius 2 is 1.95 bits per heavy atom. The van der Waals surface area contributed by atoms with Crippen LogP contribution in [0.1, 0.15) is 4.88 Å². The van der Waals surface area contributed by atoms with Gasteiger partial charge in [-0.25, -0.2) is 13.1 Å². The topological polar surface area (TPSA) is 64.6 Å². The SMILES string of the molecule is O=S(=O)(NCCc1cccs1)c1ccc2c(c1)OCCO2. The summed E-state index contributed by atoms with van der Waals surface area (Å²) in [7, 11) is -3.53. The van der Waals surface area contributed by atoms with Gasteiger partial charge in [0.05, 0.1) is 4.90 Å². The fraction of sp³-hybridized carbons (Fsp3) is 0.286. The lowest BCUT2D eigenvalue weighted by Gasteiger charge is -2.18. The summed E-state index contributed by atoms with van der Waals surface area (Å²) in [6.07, 6.45) is 0.682. The van der Waals surface area contributed by atoms with Gasteiger partial charge < -0.3 is 9.47 Å². The Bertz CT molecular complexity index is 711. The van der Waals surface area contributed by atoms with Gasteiger partial charge in [-0.05, 0) is 30.0 Å². The maximum absolute atomic E-state index is 12.2. The van der Waals surface area contributed by atoms with Crippen LogP contribution in [0.15, 0.2) is 40.6 Å². The largest absolute Gasteiger partial charge is 0.486 e. The van der Waals surface area contributed by atoms with Gasteiger partial charge in [-0.3, -0.25) is 0 Å². The van der Waals surface area contributed by atoms with Gasteiger partial charge in [-0.2, -0.15) is 0 Å². The Morgan fingerprint density at radius 1 is 1.14 bits per heavy atom. The van der Waals surface area contributed by atoms with Crippen molar-refractivity contribution in [3.05, 3.63) is 40.6 Å². The summed E-state index contributed by atoms with van der Waals surface area (Å²) in [5.41, 5.74) is 0. The van der Waals surface area contributed by atoms with E-state index in [-0.39, 0.29) is 4.90 Å². The molecule has 21 heavy (non-hydrogen) atoms. The highest BCUT2D eigenvalue weighted by Crippen LogP contribution is 2.32. The van der Waals surface area contributed by atoms with Crippen LogP contribution in [0, 0.1) is 0 Å². The number of benzene rings is 1. The van der Waals surface area contributed by atoms with Crippen LogP contribution in [0.5, 0.6) is 11.5 Å². The average Bonchev–Trinajstić information content (AvgIpc) is 3.00. The second-order valence-corrected chi connectivity index (χ2v) is 7.33. The summed E-state index contributed by atoms with van der Waals surface area (Å²) in [5.74, 6) is 1.06. The van der Waals surface area contributed by atoms with Crippen LogP contribution >= 0.6 is 11.3 Å². The van der Waals surface area contributed by atoms with Crippen LogP contribution < -0.4 is 14.2 Å². The molecule has 0 saturated heterocycles. The van der Waals surface area contributed by atoms with Crippen LogP contribution in [-0.2, 0) is 16.4 Å². The zero-order chi connectivity index (χ0) is 14.7. The van der Waals surface area contributed by atoms with Gasteiger partial charge in [0.1, 0.15) is 13.2 Å². The van der Waals surface area contributed by atoms with Crippen LogP contribution in [0.25, 0.3) is 0 Å². The first-order chi connectivity index (χ1) is 10.1. The highest BCUT2D eigenvalue weighted by molar-refractivity contribution is 7.89. The minimum atomic E-state index is -3.53. The number of fused-ring (bicyclic) bond motifs is 1. The molecule has 0 bridgehead atoms. The number of ether oxygens (including phenoxy) is 2.